The third-order valence-electron chi connectivity index (χ3n) is 13.0. The van der Waals surface area contributed by atoms with Crippen LogP contribution >= 0.6 is 0 Å². The first kappa shape index (κ1) is 33.1. The minimum absolute atomic E-state index is 0.649. The number of ether oxygens (including phenoxy) is 1. The highest BCUT2D eigenvalue weighted by Gasteiger charge is 2.49. The van der Waals surface area contributed by atoms with E-state index in [1.807, 2.05) is 0 Å². The van der Waals surface area contributed by atoms with E-state index in [-0.39, 0.29) is 0 Å². The van der Waals surface area contributed by atoms with Crippen LogP contribution in [0.4, 0.5) is 17.1 Å². The lowest BCUT2D eigenvalue weighted by Crippen LogP contribution is -2.36. The lowest BCUT2D eigenvalue weighted by atomic mass is 9.58. The molecule has 10 aromatic carbocycles. The fourth-order valence-electron chi connectivity index (χ4n) is 10.5. The summed E-state index contributed by atoms with van der Waals surface area (Å²) in [6, 6.07) is 79.9. The Morgan fingerprint density at radius 3 is 1.80 bits per heavy atom. The summed E-state index contributed by atoms with van der Waals surface area (Å²) in [5, 5.41) is 7.40. The summed E-state index contributed by atoms with van der Waals surface area (Å²) in [5.41, 5.74) is 13.4. The molecule has 0 unspecified atom stereocenters. The molecule has 1 aliphatic heterocycles. The van der Waals surface area contributed by atoms with E-state index < -0.39 is 5.41 Å². The predicted molar refractivity (Wildman–Crippen MR) is 248 cm³/mol. The SMILES string of the molecule is c1ccc(-n2c3ccccc3c3ccc(N(c4ccc5c(c4)C4(c6ccccc6Oc6ccccc64)c4cccc6cccc-5c46)c4ccc5ccccc5c4)cc32)cc1. The van der Waals surface area contributed by atoms with Crippen molar-refractivity contribution in [3.8, 4) is 28.3 Å². The molecule has 0 saturated carbocycles. The van der Waals surface area contributed by atoms with Crippen molar-refractivity contribution in [2.45, 2.75) is 5.41 Å². The molecule has 1 aliphatic carbocycles. The lowest BCUT2D eigenvalue weighted by Gasteiger charge is -2.45. The highest BCUT2D eigenvalue weighted by Crippen LogP contribution is 2.61. The Hall–Kier alpha value is -7.88. The molecular formula is C57H36N2O. The molecule has 11 aromatic rings. The van der Waals surface area contributed by atoms with Crippen LogP contribution in [-0.2, 0) is 5.41 Å². The molecule has 3 heteroatoms. The zero-order valence-electron chi connectivity index (χ0n) is 32.6. The normalized spacial score (nSPS) is 13.3. The van der Waals surface area contributed by atoms with E-state index in [1.54, 1.807) is 0 Å². The van der Waals surface area contributed by atoms with Crippen molar-refractivity contribution < 1.29 is 4.74 Å². The molecule has 60 heavy (non-hydrogen) atoms. The minimum atomic E-state index is -0.649. The van der Waals surface area contributed by atoms with Crippen LogP contribution in [0.15, 0.2) is 218 Å². The number of aromatic nitrogens is 1. The fourth-order valence-corrected chi connectivity index (χ4v) is 10.5. The maximum absolute atomic E-state index is 6.76. The molecule has 0 radical (unpaired) electrons. The van der Waals surface area contributed by atoms with Gasteiger partial charge in [-0.15, -0.1) is 0 Å². The van der Waals surface area contributed by atoms with Gasteiger partial charge in [0.1, 0.15) is 11.5 Å². The Bertz CT molecular complexity index is 3490. The quantitative estimate of drug-likeness (QED) is 0.178. The molecule has 0 bridgehead atoms. The molecule has 280 valence electrons. The van der Waals surface area contributed by atoms with Crippen molar-refractivity contribution in [1.82, 2.24) is 4.57 Å². The highest BCUT2D eigenvalue weighted by molar-refractivity contribution is 6.11. The minimum Gasteiger partial charge on any atom is -0.457 e. The van der Waals surface area contributed by atoms with Gasteiger partial charge in [-0.1, -0.05) is 152 Å². The Kier molecular flexibility index (Phi) is 6.93. The van der Waals surface area contributed by atoms with Gasteiger partial charge in [0, 0.05) is 44.6 Å². The van der Waals surface area contributed by atoms with Gasteiger partial charge in [-0.05, 0) is 111 Å². The van der Waals surface area contributed by atoms with Crippen LogP contribution in [0, 0.1) is 0 Å². The summed E-state index contributed by atoms with van der Waals surface area (Å²) in [6.07, 6.45) is 0. The number of benzene rings is 10. The first-order chi connectivity index (χ1) is 29.8. The molecule has 1 spiro atoms. The van der Waals surface area contributed by atoms with Crippen LogP contribution in [0.1, 0.15) is 22.3 Å². The number of fused-ring (bicyclic) bond motifs is 12. The van der Waals surface area contributed by atoms with Crippen LogP contribution in [0.2, 0.25) is 0 Å². The lowest BCUT2D eigenvalue weighted by molar-refractivity contribution is 0.435. The number of hydrogen-bond donors (Lipinski definition) is 0. The Labute approximate surface area is 347 Å². The maximum atomic E-state index is 6.76. The van der Waals surface area contributed by atoms with E-state index >= 15 is 0 Å². The van der Waals surface area contributed by atoms with E-state index in [9.17, 15) is 0 Å². The van der Waals surface area contributed by atoms with Crippen LogP contribution in [0.25, 0.3) is 60.2 Å². The van der Waals surface area contributed by atoms with Gasteiger partial charge in [0.25, 0.3) is 0 Å². The first-order valence-electron chi connectivity index (χ1n) is 20.7. The number of rotatable bonds is 4. The largest absolute Gasteiger partial charge is 0.457 e. The molecule has 13 rings (SSSR count). The van der Waals surface area contributed by atoms with Gasteiger partial charge in [-0.25, -0.2) is 0 Å². The van der Waals surface area contributed by atoms with Crippen molar-refractivity contribution in [3.63, 3.8) is 0 Å². The van der Waals surface area contributed by atoms with E-state index in [0.29, 0.717) is 0 Å². The number of para-hydroxylation sites is 4. The van der Waals surface area contributed by atoms with Gasteiger partial charge in [0.05, 0.1) is 16.4 Å². The molecule has 3 nitrogen and oxygen atoms in total. The Morgan fingerprint density at radius 1 is 0.367 bits per heavy atom. The van der Waals surface area contributed by atoms with Crippen LogP contribution in [0.3, 0.4) is 0 Å². The van der Waals surface area contributed by atoms with E-state index in [0.717, 1.165) is 50.9 Å². The van der Waals surface area contributed by atoms with Gasteiger partial charge in [-0.2, -0.15) is 0 Å². The van der Waals surface area contributed by atoms with Crippen molar-refractivity contribution in [2.24, 2.45) is 0 Å². The number of nitrogens with zero attached hydrogens (tertiary/aromatic N) is 2. The summed E-state index contributed by atoms with van der Waals surface area (Å²) in [4.78, 5) is 2.45. The second-order valence-electron chi connectivity index (χ2n) is 16.0. The van der Waals surface area contributed by atoms with Gasteiger partial charge in [0.15, 0.2) is 0 Å². The zero-order valence-corrected chi connectivity index (χ0v) is 32.6. The predicted octanol–water partition coefficient (Wildman–Crippen LogP) is 15.0. The van der Waals surface area contributed by atoms with E-state index in [1.165, 1.54) is 60.1 Å². The van der Waals surface area contributed by atoms with E-state index in [4.69, 9.17) is 4.74 Å². The third-order valence-corrected chi connectivity index (χ3v) is 13.0. The topological polar surface area (TPSA) is 17.4 Å². The second kappa shape index (κ2) is 12.6. The average Bonchev–Trinajstić information content (AvgIpc) is 3.64. The number of hydrogen-bond acceptors (Lipinski definition) is 2. The van der Waals surface area contributed by atoms with Crippen LogP contribution in [-0.4, -0.2) is 4.57 Å². The molecule has 2 aliphatic rings. The zero-order chi connectivity index (χ0) is 39.4. The standard InChI is InChI=1S/C57H36N2O/c1-2-18-40(19-3-1)59-52-25-9-6-20-45(52)46-33-31-43(36-53(46)59)58(41-29-28-37-14-4-5-15-39(37)34-41)42-30-32-44-47-21-12-16-38-17-13-24-50(56(38)47)57(51(44)35-42)48-22-7-10-26-54(48)60-55-27-11-8-23-49(55)57/h1-36H. The monoisotopic (exact) mass is 764 g/mol. The summed E-state index contributed by atoms with van der Waals surface area (Å²) in [5.74, 6) is 1.77. The number of anilines is 3. The van der Waals surface area contributed by atoms with Gasteiger partial charge < -0.3 is 14.2 Å². The average molecular weight is 765 g/mol. The summed E-state index contributed by atoms with van der Waals surface area (Å²) in [6.45, 7) is 0. The molecule has 0 saturated heterocycles. The van der Waals surface area contributed by atoms with Gasteiger partial charge in [0.2, 0.25) is 0 Å². The van der Waals surface area contributed by atoms with Crippen molar-refractivity contribution in [1.29, 1.82) is 0 Å². The third kappa shape index (κ3) is 4.54. The summed E-state index contributed by atoms with van der Waals surface area (Å²) >= 11 is 0. The summed E-state index contributed by atoms with van der Waals surface area (Å²) in [7, 11) is 0. The van der Waals surface area contributed by atoms with Crippen LogP contribution < -0.4 is 9.64 Å². The smallest absolute Gasteiger partial charge is 0.132 e. The molecule has 2 heterocycles. The Morgan fingerprint density at radius 2 is 0.967 bits per heavy atom. The fraction of sp³-hybridized carbons (Fsp3) is 0.0175. The van der Waals surface area contributed by atoms with Crippen molar-refractivity contribution in [3.05, 3.63) is 241 Å². The molecule has 0 N–H and O–H groups in total. The van der Waals surface area contributed by atoms with Gasteiger partial charge >= 0.3 is 0 Å². The highest BCUT2D eigenvalue weighted by atomic mass is 16.5. The van der Waals surface area contributed by atoms with Gasteiger partial charge in [-0.3, -0.25) is 0 Å². The summed E-state index contributed by atoms with van der Waals surface area (Å²) < 4.78 is 9.17. The van der Waals surface area contributed by atoms with Crippen molar-refractivity contribution >= 4 is 60.4 Å². The molecule has 0 amide bonds. The first-order valence-corrected chi connectivity index (χ1v) is 20.7. The molecule has 0 atom stereocenters. The van der Waals surface area contributed by atoms with Crippen molar-refractivity contribution in [2.75, 3.05) is 4.90 Å². The molecule has 0 fully saturated rings. The second-order valence-corrected chi connectivity index (χ2v) is 16.0. The maximum Gasteiger partial charge on any atom is 0.132 e. The Balaban J connectivity index is 1.13. The molecule has 1 aromatic heterocycles. The van der Waals surface area contributed by atoms with Crippen LogP contribution in [0.5, 0.6) is 11.5 Å². The molecular weight excluding hydrogens is 729 g/mol. The van der Waals surface area contributed by atoms with E-state index in [2.05, 4.69) is 228 Å².